The SMILES string of the molecule is CCOc1cccc(/C=C(\C#N)C(=O)Nc2cccc(C)c2)c1OC. The van der Waals surface area contributed by atoms with Crippen LogP contribution in [0.5, 0.6) is 11.5 Å². The number of nitriles is 1. The van der Waals surface area contributed by atoms with Crippen molar-refractivity contribution in [2.75, 3.05) is 19.0 Å². The highest BCUT2D eigenvalue weighted by Crippen LogP contribution is 2.32. The van der Waals surface area contributed by atoms with Crippen LogP contribution in [0.3, 0.4) is 0 Å². The summed E-state index contributed by atoms with van der Waals surface area (Å²) in [5.41, 5.74) is 2.24. The Bertz CT molecular complexity index is 835. The zero-order valence-electron chi connectivity index (χ0n) is 14.5. The Morgan fingerprint density at radius 1 is 1.28 bits per heavy atom. The molecule has 0 aliphatic carbocycles. The average molecular weight is 336 g/mol. The number of carbonyl (C=O) groups excluding carboxylic acids is 1. The number of methoxy groups -OCH3 is 1. The second-order valence-electron chi connectivity index (χ2n) is 5.31. The maximum atomic E-state index is 12.4. The molecule has 0 saturated heterocycles. The minimum absolute atomic E-state index is 0.0199. The van der Waals surface area contributed by atoms with Crippen molar-refractivity contribution in [3.8, 4) is 17.6 Å². The van der Waals surface area contributed by atoms with Crippen molar-refractivity contribution in [1.29, 1.82) is 5.26 Å². The molecule has 1 amide bonds. The van der Waals surface area contributed by atoms with E-state index in [-0.39, 0.29) is 5.57 Å². The number of amides is 1. The molecule has 128 valence electrons. The van der Waals surface area contributed by atoms with E-state index in [4.69, 9.17) is 9.47 Å². The molecule has 0 radical (unpaired) electrons. The van der Waals surface area contributed by atoms with Gasteiger partial charge in [-0.2, -0.15) is 5.26 Å². The van der Waals surface area contributed by atoms with Crippen LogP contribution < -0.4 is 14.8 Å². The van der Waals surface area contributed by atoms with Crippen molar-refractivity contribution in [1.82, 2.24) is 0 Å². The first-order chi connectivity index (χ1) is 12.1. The van der Waals surface area contributed by atoms with Crippen molar-refractivity contribution in [3.63, 3.8) is 0 Å². The van der Waals surface area contributed by atoms with Crippen LogP contribution >= 0.6 is 0 Å². The van der Waals surface area contributed by atoms with E-state index in [1.807, 2.05) is 38.1 Å². The molecule has 0 fully saturated rings. The van der Waals surface area contributed by atoms with Crippen LogP contribution in [0.15, 0.2) is 48.0 Å². The number of ether oxygens (including phenoxy) is 2. The smallest absolute Gasteiger partial charge is 0.266 e. The van der Waals surface area contributed by atoms with Gasteiger partial charge >= 0.3 is 0 Å². The van der Waals surface area contributed by atoms with Crippen molar-refractivity contribution in [2.45, 2.75) is 13.8 Å². The molecule has 2 rings (SSSR count). The fraction of sp³-hybridized carbons (Fsp3) is 0.200. The molecule has 5 nitrogen and oxygen atoms in total. The van der Waals surface area contributed by atoms with Crippen LogP contribution in [-0.4, -0.2) is 19.6 Å². The lowest BCUT2D eigenvalue weighted by atomic mass is 10.1. The Hall–Kier alpha value is -3.26. The van der Waals surface area contributed by atoms with Crippen molar-refractivity contribution >= 4 is 17.7 Å². The molecule has 0 atom stereocenters. The molecule has 2 aromatic rings. The first-order valence-electron chi connectivity index (χ1n) is 7.88. The second-order valence-corrected chi connectivity index (χ2v) is 5.31. The molecule has 5 heteroatoms. The van der Waals surface area contributed by atoms with Crippen molar-refractivity contribution in [2.24, 2.45) is 0 Å². The van der Waals surface area contributed by atoms with Gasteiger partial charge in [-0.25, -0.2) is 0 Å². The van der Waals surface area contributed by atoms with E-state index in [2.05, 4.69) is 5.32 Å². The quantitative estimate of drug-likeness (QED) is 0.640. The molecular formula is C20H20N2O3. The maximum Gasteiger partial charge on any atom is 0.266 e. The van der Waals surface area contributed by atoms with Gasteiger partial charge in [0, 0.05) is 11.3 Å². The van der Waals surface area contributed by atoms with Gasteiger partial charge in [0.25, 0.3) is 5.91 Å². The lowest BCUT2D eigenvalue weighted by molar-refractivity contribution is -0.112. The number of aryl methyl sites for hydroxylation is 1. The molecule has 0 unspecified atom stereocenters. The Morgan fingerprint density at radius 2 is 2.04 bits per heavy atom. The third kappa shape index (κ3) is 4.61. The second kappa shape index (κ2) is 8.55. The van der Waals surface area contributed by atoms with Crippen LogP contribution in [0, 0.1) is 18.3 Å². The zero-order valence-corrected chi connectivity index (χ0v) is 14.5. The molecule has 0 bridgehead atoms. The Balaban J connectivity index is 2.32. The van der Waals surface area contributed by atoms with E-state index in [0.717, 1.165) is 5.56 Å². The molecule has 2 aromatic carbocycles. The van der Waals surface area contributed by atoms with E-state index in [1.165, 1.54) is 13.2 Å². The zero-order chi connectivity index (χ0) is 18.2. The molecule has 1 N–H and O–H groups in total. The summed E-state index contributed by atoms with van der Waals surface area (Å²) in [5, 5.41) is 12.1. The number of nitrogens with zero attached hydrogens (tertiary/aromatic N) is 1. The van der Waals surface area contributed by atoms with Crippen molar-refractivity contribution < 1.29 is 14.3 Å². The van der Waals surface area contributed by atoms with Crippen LogP contribution in [0.2, 0.25) is 0 Å². The summed E-state index contributed by atoms with van der Waals surface area (Å²) in [6, 6.07) is 14.6. The minimum atomic E-state index is -0.475. The number of hydrogen-bond acceptors (Lipinski definition) is 4. The molecule has 0 heterocycles. The van der Waals surface area contributed by atoms with Crippen molar-refractivity contribution in [3.05, 3.63) is 59.2 Å². The van der Waals surface area contributed by atoms with Crippen LogP contribution in [-0.2, 0) is 4.79 Å². The summed E-state index contributed by atoms with van der Waals surface area (Å²) < 4.78 is 10.9. The average Bonchev–Trinajstić information content (AvgIpc) is 2.60. The van der Waals surface area contributed by atoms with Gasteiger partial charge in [-0.1, -0.05) is 24.3 Å². The first kappa shape index (κ1) is 18.1. The van der Waals surface area contributed by atoms with E-state index in [0.29, 0.717) is 29.4 Å². The summed E-state index contributed by atoms with van der Waals surface area (Å²) in [6.07, 6.45) is 1.49. The largest absolute Gasteiger partial charge is 0.492 e. The highest BCUT2D eigenvalue weighted by atomic mass is 16.5. The molecule has 0 spiro atoms. The van der Waals surface area contributed by atoms with Gasteiger partial charge in [-0.05, 0) is 43.7 Å². The van der Waals surface area contributed by atoms with E-state index < -0.39 is 5.91 Å². The van der Waals surface area contributed by atoms with E-state index in [1.54, 1.807) is 24.3 Å². The van der Waals surface area contributed by atoms with Crippen LogP contribution in [0.25, 0.3) is 6.08 Å². The van der Waals surface area contributed by atoms with Gasteiger partial charge in [-0.3, -0.25) is 4.79 Å². The standard InChI is InChI=1S/C20H20N2O3/c1-4-25-18-10-6-8-15(19(18)24-3)12-16(13-21)20(23)22-17-9-5-7-14(2)11-17/h5-12H,4H2,1-3H3,(H,22,23)/b16-12+. The summed E-state index contributed by atoms with van der Waals surface area (Å²) in [5.74, 6) is 0.576. The Kier molecular flexibility index (Phi) is 6.19. The number of carbonyl (C=O) groups is 1. The normalized spacial score (nSPS) is 10.7. The van der Waals surface area contributed by atoms with E-state index in [9.17, 15) is 10.1 Å². The fourth-order valence-corrected chi connectivity index (χ4v) is 2.36. The predicted molar refractivity (Wildman–Crippen MR) is 97.6 cm³/mol. The number of rotatable bonds is 6. The molecule has 25 heavy (non-hydrogen) atoms. The highest BCUT2D eigenvalue weighted by Gasteiger charge is 2.13. The van der Waals surface area contributed by atoms with E-state index >= 15 is 0 Å². The van der Waals surface area contributed by atoms with Gasteiger partial charge < -0.3 is 14.8 Å². The Morgan fingerprint density at radius 3 is 2.68 bits per heavy atom. The number of anilines is 1. The molecule has 0 aliphatic rings. The number of benzene rings is 2. The van der Waals surface area contributed by atoms with Gasteiger partial charge in [-0.15, -0.1) is 0 Å². The molecule has 0 aliphatic heterocycles. The van der Waals surface area contributed by atoms with Gasteiger partial charge in [0.05, 0.1) is 13.7 Å². The lowest BCUT2D eigenvalue weighted by Crippen LogP contribution is -2.13. The molecular weight excluding hydrogens is 316 g/mol. The third-order valence-electron chi connectivity index (χ3n) is 3.45. The topological polar surface area (TPSA) is 71.3 Å². The highest BCUT2D eigenvalue weighted by molar-refractivity contribution is 6.09. The number of para-hydroxylation sites is 1. The predicted octanol–water partition coefficient (Wildman–Crippen LogP) is 3.95. The summed E-state index contributed by atoms with van der Waals surface area (Å²) in [4.78, 5) is 12.4. The first-order valence-corrected chi connectivity index (χ1v) is 7.88. The fourth-order valence-electron chi connectivity index (χ4n) is 2.36. The summed E-state index contributed by atoms with van der Waals surface area (Å²) in [6.45, 7) is 4.29. The summed E-state index contributed by atoms with van der Waals surface area (Å²) in [7, 11) is 1.52. The molecule has 0 aromatic heterocycles. The summed E-state index contributed by atoms with van der Waals surface area (Å²) >= 11 is 0. The lowest BCUT2D eigenvalue weighted by Gasteiger charge is -2.12. The Labute approximate surface area is 147 Å². The monoisotopic (exact) mass is 336 g/mol. The number of nitrogens with one attached hydrogen (secondary N) is 1. The van der Waals surface area contributed by atoms with Gasteiger partial charge in [0.1, 0.15) is 11.6 Å². The molecule has 0 saturated carbocycles. The third-order valence-corrected chi connectivity index (χ3v) is 3.45. The van der Waals surface area contributed by atoms with Gasteiger partial charge in [0.15, 0.2) is 11.5 Å². The van der Waals surface area contributed by atoms with Crippen LogP contribution in [0.1, 0.15) is 18.1 Å². The van der Waals surface area contributed by atoms with Gasteiger partial charge in [0.2, 0.25) is 0 Å². The maximum absolute atomic E-state index is 12.4. The number of hydrogen-bond donors (Lipinski definition) is 1. The van der Waals surface area contributed by atoms with Crippen LogP contribution in [0.4, 0.5) is 5.69 Å². The minimum Gasteiger partial charge on any atom is -0.492 e.